The molecule has 1 atom stereocenters. The van der Waals surface area contributed by atoms with E-state index in [4.69, 9.17) is 39.6 Å². The van der Waals surface area contributed by atoms with E-state index in [1.54, 1.807) is 0 Å². The lowest BCUT2D eigenvalue weighted by Gasteiger charge is -2.28. The number of hydrogen-bond acceptors (Lipinski definition) is 4. The molecular formula is C20H15Cl3F3N3O2. The van der Waals surface area contributed by atoms with E-state index >= 15 is 0 Å². The largest absolute Gasteiger partial charge is 0.428 e. The lowest BCUT2D eigenvalue weighted by Crippen LogP contribution is -2.42. The Balaban J connectivity index is 1.63. The van der Waals surface area contributed by atoms with Crippen molar-refractivity contribution >= 4 is 46.4 Å². The van der Waals surface area contributed by atoms with Crippen molar-refractivity contribution in [2.24, 2.45) is 5.92 Å². The number of rotatable bonds is 5. The molecule has 1 aromatic heterocycles. The second-order valence-electron chi connectivity index (χ2n) is 7.30. The number of halogens is 6. The summed E-state index contributed by atoms with van der Waals surface area (Å²) in [6, 6.07) is 5.05. The molecule has 11 heteroatoms. The number of nitrogens with one attached hydrogen (secondary N) is 2. The zero-order chi connectivity index (χ0) is 22.4. The summed E-state index contributed by atoms with van der Waals surface area (Å²) in [6.45, 7) is 0.130. The fourth-order valence-corrected chi connectivity index (χ4v) is 3.92. The van der Waals surface area contributed by atoms with Crippen molar-refractivity contribution in [3.05, 3.63) is 68.4 Å². The molecule has 1 saturated carbocycles. The Morgan fingerprint density at radius 1 is 1.19 bits per heavy atom. The minimum atomic E-state index is -4.82. The van der Waals surface area contributed by atoms with E-state index in [9.17, 15) is 18.0 Å². The Labute approximate surface area is 190 Å². The van der Waals surface area contributed by atoms with E-state index < -0.39 is 11.8 Å². The van der Waals surface area contributed by atoms with Gasteiger partial charge in [0, 0.05) is 33.3 Å². The predicted molar refractivity (Wildman–Crippen MR) is 110 cm³/mol. The van der Waals surface area contributed by atoms with Gasteiger partial charge in [0.25, 0.3) is 0 Å². The van der Waals surface area contributed by atoms with Gasteiger partial charge in [-0.25, -0.2) is 0 Å². The van der Waals surface area contributed by atoms with Crippen molar-refractivity contribution in [1.29, 1.82) is 0 Å². The summed E-state index contributed by atoms with van der Waals surface area (Å²) in [6.07, 6.45) is -0.851. The molecule has 0 radical (unpaired) electrons. The third-order valence-electron chi connectivity index (χ3n) is 4.99. The molecule has 5 nitrogen and oxygen atoms in total. The van der Waals surface area contributed by atoms with E-state index in [2.05, 4.69) is 15.8 Å². The molecule has 1 aliphatic carbocycles. The Morgan fingerprint density at radius 3 is 2.45 bits per heavy atom. The first kappa shape index (κ1) is 22.2. The molecule has 2 heterocycles. The Kier molecular flexibility index (Phi) is 5.85. The van der Waals surface area contributed by atoms with Gasteiger partial charge in [-0.05, 0) is 43.2 Å². The zero-order valence-electron chi connectivity index (χ0n) is 15.7. The average molecular weight is 493 g/mol. The van der Waals surface area contributed by atoms with Gasteiger partial charge < -0.3 is 5.32 Å². The third kappa shape index (κ3) is 4.48. The zero-order valence-corrected chi connectivity index (χ0v) is 18.0. The molecular weight excluding hydrogens is 478 g/mol. The Bertz CT molecular complexity index is 1050. The van der Waals surface area contributed by atoms with Crippen molar-refractivity contribution in [2.75, 3.05) is 0 Å². The number of carbonyl (C=O) groups excluding carboxylic acids is 1. The van der Waals surface area contributed by atoms with Crippen LogP contribution < -0.4 is 10.8 Å². The van der Waals surface area contributed by atoms with E-state index in [0.29, 0.717) is 5.69 Å². The summed E-state index contributed by atoms with van der Waals surface area (Å²) in [7, 11) is 0. The van der Waals surface area contributed by atoms with Crippen LogP contribution in [0.4, 0.5) is 13.2 Å². The van der Waals surface area contributed by atoms with Crippen LogP contribution in [0, 0.1) is 5.92 Å². The van der Waals surface area contributed by atoms with Crippen LogP contribution in [0.5, 0.6) is 0 Å². The van der Waals surface area contributed by atoms with E-state index in [0.717, 1.165) is 31.1 Å². The van der Waals surface area contributed by atoms with Gasteiger partial charge in [-0.1, -0.05) is 34.8 Å². The van der Waals surface area contributed by atoms with Crippen LogP contribution in [0.1, 0.15) is 29.7 Å². The third-order valence-corrected chi connectivity index (χ3v) is 5.75. The van der Waals surface area contributed by atoms with Gasteiger partial charge in [0.05, 0.1) is 23.0 Å². The summed E-state index contributed by atoms with van der Waals surface area (Å²) in [5.41, 5.74) is -0.0612. The lowest BCUT2D eigenvalue weighted by molar-refractivity contribution is -0.269. The van der Waals surface area contributed by atoms with E-state index in [1.165, 1.54) is 18.3 Å². The molecule has 0 spiro atoms. The maximum absolute atomic E-state index is 14.1. The van der Waals surface area contributed by atoms with Gasteiger partial charge in [0.2, 0.25) is 11.5 Å². The highest BCUT2D eigenvalue weighted by Gasteiger charge is 2.59. The molecule has 1 aromatic carbocycles. The van der Waals surface area contributed by atoms with Crippen LogP contribution in [-0.4, -0.2) is 17.1 Å². The van der Waals surface area contributed by atoms with Crippen LogP contribution in [0.3, 0.4) is 0 Å². The molecule has 1 aliphatic heterocycles. The number of benzene rings is 1. The monoisotopic (exact) mass is 491 g/mol. The van der Waals surface area contributed by atoms with Gasteiger partial charge in [-0.3, -0.25) is 20.1 Å². The molecule has 1 amide bonds. The number of aromatic nitrogens is 1. The van der Waals surface area contributed by atoms with Crippen molar-refractivity contribution in [3.63, 3.8) is 0 Å². The molecule has 2 N–H and O–H groups in total. The van der Waals surface area contributed by atoms with Gasteiger partial charge in [-0.2, -0.15) is 13.2 Å². The number of carbonyl (C=O) groups is 1. The second kappa shape index (κ2) is 8.16. The van der Waals surface area contributed by atoms with Crippen molar-refractivity contribution < 1.29 is 22.8 Å². The summed E-state index contributed by atoms with van der Waals surface area (Å²) in [5, 5.41) is 3.02. The summed E-state index contributed by atoms with van der Waals surface area (Å²) < 4.78 is 42.2. The van der Waals surface area contributed by atoms with Gasteiger partial charge in [0.1, 0.15) is 0 Å². The normalized spacial score (nSPS) is 20.9. The van der Waals surface area contributed by atoms with Crippen LogP contribution in [0.2, 0.25) is 15.1 Å². The van der Waals surface area contributed by atoms with Crippen molar-refractivity contribution in [1.82, 2.24) is 15.8 Å². The highest BCUT2D eigenvalue weighted by atomic mass is 35.5. The number of hydrogen-bond donors (Lipinski definition) is 2. The quantitative estimate of drug-likeness (QED) is 0.587. The topological polar surface area (TPSA) is 63.2 Å². The SMILES string of the molecule is O=C(NCc1ncc(C2=CC(c3cc(Cl)cc(Cl)c3)(C(F)(F)F)ON2)cc1Cl)C1CC1. The first-order valence-electron chi connectivity index (χ1n) is 9.22. The Morgan fingerprint density at radius 2 is 1.87 bits per heavy atom. The standard InChI is InChI=1S/C20H15Cl3F3N3O2/c21-13-4-12(5-14(22)6-13)19(20(24,25)26)7-16(29-31-19)11-3-15(23)17(27-8-11)9-28-18(30)10-1-2-10/h3-8,10,29H,1-2,9H2,(H,28,30). The number of amides is 1. The molecule has 1 unspecified atom stereocenters. The predicted octanol–water partition coefficient (Wildman–Crippen LogP) is 5.40. The highest BCUT2D eigenvalue weighted by molar-refractivity contribution is 6.34. The van der Waals surface area contributed by atoms with Crippen molar-refractivity contribution in [3.8, 4) is 0 Å². The lowest BCUT2D eigenvalue weighted by atomic mass is 9.91. The minimum absolute atomic E-state index is 0.0244. The van der Waals surface area contributed by atoms with Gasteiger partial charge >= 0.3 is 6.18 Å². The van der Waals surface area contributed by atoms with Crippen LogP contribution >= 0.6 is 34.8 Å². The fourth-order valence-electron chi connectivity index (χ4n) is 3.16. The number of hydroxylamine groups is 1. The maximum atomic E-state index is 14.1. The van der Waals surface area contributed by atoms with Crippen LogP contribution in [-0.2, 0) is 21.8 Å². The smallest absolute Gasteiger partial charge is 0.350 e. The first-order valence-corrected chi connectivity index (χ1v) is 10.3. The molecule has 2 aromatic rings. The molecule has 1 fully saturated rings. The van der Waals surface area contributed by atoms with Crippen LogP contribution in [0.15, 0.2) is 36.5 Å². The average Bonchev–Trinajstić information content (AvgIpc) is 3.43. The first-order chi connectivity index (χ1) is 14.6. The molecule has 0 bridgehead atoms. The molecule has 2 aliphatic rings. The molecule has 0 saturated heterocycles. The Hall–Kier alpha value is -2.00. The highest BCUT2D eigenvalue weighted by Crippen LogP contribution is 2.48. The molecule has 4 rings (SSSR count). The maximum Gasteiger partial charge on any atom is 0.428 e. The fraction of sp³-hybridized carbons (Fsp3) is 0.300. The molecule has 31 heavy (non-hydrogen) atoms. The second-order valence-corrected chi connectivity index (χ2v) is 8.58. The summed E-state index contributed by atoms with van der Waals surface area (Å²) in [5.74, 6) is -0.0239. The van der Waals surface area contributed by atoms with Crippen LogP contribution in [0.25, 0.3) is 5.70 Å². The summed E-state index contributed by atoms with van der Waals surface area (Å²) >= 11 is 18.0. The van der Waals surface area contributed by atoms with E-state index in [-0.39, 0.29) is 50.3 Å². The number of alkyl halides is 3. The summed E-state index contributed by atoms with van der Waals surface area (Å²) in [4.78, 5) is 21.0. The minimum Gasteiger partial charge on any atom is -0.350 e. The number of nitrogens with zero attached hydrogens (tertiary/aromatic N) is 1. The van der Waals surface area contributed by atoms with E-state index in [1.807, 2.05) is 0 Å². The van der Waals surface area contributed by atoms with Crippen molar-refractivity contribution in [2.45, 2.75) is 31.2 Å². The van der Waals surface area contributed by atoms with Gasteiger partial charge in [-0.15, -0.1) is 0 Å². The molecule has 164 valence electrons. The number of pyridine rings is 1. The van der Waals surface area contributed by atoms with Gasteiger partial charge in [0.15, 0.2) is 0 Å².